The number of hydrogen-bond acceptors (Lipinski definition) is 4. The van der Waals surface area contributed by atoms with Gasteiger partial charge in [0.15, 0.2) is 5.76 Å². The molecular formula is C10H11N3O. The molecule has 0 aromatic carbocycles. The van der Waals surface area contributed by atoms with Crippen LogP contribution in [0.5, 0.6) is 0 Å². The Labute approximate surface area is 81.8 Å². The Morgan fingerprint density at radius 1 is 1.36 bits per heavy atom. The summed E-state index contributed by atoms with van der Waals surface area (Å²) in [5, 5.41) is 0. The second-order valence-electron chi connectivity index (χ2n) is 2.91. The summed E-state index contributed by atoms with van der Waals surface area (Å²) in [6.07, 6.45) is 5.76. The van der Waals surface area contributed by atoms with Gasteiger partial charge < -0.3 is 10.2 Å². The molecule has 2 heterocycles. The molecule has 0 spiro atoms. The number of rotatable bonds is 3. The van der Waals surface area contributed by atoms with E-state index in [0.717, 1.165) is 23.6 Å². The SMILES string of the molecule is NCCc1cncc(-c2ccco2)n1. The summed E-state index contributed by atoms with van der Waals surface area (Å²) in [6.45, 7) is 0.580. The van der Waals surface area contributed by atoms with Crippen LogP contribution in [-0.4, -0.2) is 16.5 Å². The fraction of sp³-hybridized carbons (Fsp3) is 0.200. The van der Waals surface area contributed by atoms with Gasteiger partial charge in [-0.15, -0.1) is 0 Å². The smallest absolute Gasteiger partial charge is 0.153 e. The van der Waals surface area contributed by atoms with E-state index in [9.17, 15) is 0 Å². The third-order valence-electron chi connectivity index (χ3n) is 1.86. The molecule has 2 rings (SSSR count). The van der Waals surface area contributed by atoms with Crippen molar-refractivity contribution in [2.75, 3.05) is 6.54 Å². The van der Waals surface area contributed by atoms with E-state index in [1.54, 1.807) is 18.7 Å². The van der Waals surface area contributed by atoms with Crippen LogP contribution >= 0.6 is 0 Å². The zero-order valence-electron chi connectivity index (χ0n) is 7.68. The highest BCUT2D eigenvalue weighted by Crippen LogP contribution is 2.15. The zero-order valence-corrected chi connectivity index (χ0v) is 7.68. The van der Waals surface area contributed by atoms with E-state index in [1.807, 2.05) is 12.1 Å². The Kier molecular flexibility index (Phi) is 2.55. The zero-order chi connectivity index (χ0) is 9.80. The van der Waals surface area contributed by atoms with Gasteiger partial charge in [-0.3, -0.25) is 4.98 Å². The van der Waals surface area contributed by atoms with Gasteiger partial charge in [-0.05, 0) is 18.7 Å². The third kappa shape index (κ3) is 1.80. The summed E-state index contributed by atoms with van der Waals surface area (Å²) in [5.74, 6) is 0.733. The van der Waals surface area contributed by atoms with E-state index < -0.39 is 0 Å². The lowest BCUT2D eigenvalue weighted by Gasteiger charge is -1.99. The molecule has 0 aliphatic heterocycles. The number of aromatic nitrogens is 2. The van der Waals surface area contributed by atoms with Crippen molar-refractivity contribution in [1.29, 1.82) is 0 Å². The lowest BCUT2D eigenvalue weighted by atomic mass is 10.3. The maximum atomic E-state index is 5.44. The van der Waals surface area contributed by atoms with Crippen molar-refractivity contribution in [2.24, 2.45) is 5.73 Å². The van der Waals surface area contributed by atoms with Gasteiger partial charge in [0, 0.05) is 12.6 Å². The van der Waals surface area contributed by atoms with Crippen LogP contribution in [-0.2, 0) is 6.42 Å². The van der Waals surface area contributed by atoms with Gasteiger partial charge in [0.25, 0.3) is 0 Å². The van der Waals surface area contributed by atoms with Crippen molar-refractivity contribution in [1.82, 2.24) is 9.97 Å². The van der Waals surface area contributed by atoms with Crippen LogP contribution in [0, 0.1) is 0 Å². The van der Waals surface area contributed by atoms with Crippen molar-refractivity contribution in [3.63, 3.8) is 0 Å². The molecule has 0 amide bonds. The average molecular weight is 189 g/mol. The fourth-order valence-corrected chi connectivity index (χ4v) is 1.22. The Balaban J connectivity index is 2.31. The summed E-state index contributed by atoms with van der Waals surface area (Å²) in [7, 11) is 0. The molecule has 2 aromatic heterocycles. The maximum absolute atomic E-state index is 5.44. The van der Waals surface area contributed by atoms with E-state index in [1.165, 1.54) is 0 Å². The highest BCUT2D eigenvalue weighted by atomic mass is 16.3. The first-order valence-electron chi connectivity index (χ1n) is 4.45. The topological polar surface area (TPSA) is 64.9 Å². The number of hydrogen-bond donors (Lipinski definition) is 1. The molecule has 4 nitrogen and oxygen atoms in total. The van der Waals surface area contributed by atoms with Crippen molar-refractivity contribution in [2.45, 2.75) is 6.42 Å². The molecule has 72 valence electrons. The van der Waals surface area contributed by atoms with E-state index in [0.29, 0.717) is 6.54 Å². The van der Waals surface area contributed by atoms with Gasteiger partial charge in [-0.1, -0.05) is 0 Å². The van der Waals surface area contributed by atoms with Crippen LogP contribution in [0.3, 0.4) is 0 Å². The van der Waals surface area contributed by atoms with Gasteiger partial charge in [0.1, 0.15) is 5.69 Å². The molecule has 0 atom stereocenters. The number of nitrogens with two attached hydrogens (primary N) is 1. The van der Waals surface area contributed by atoms with Crippen LogP contribution in [0.1, 0.15) is 5.69 Å². The Morgan fingerprint density at radius 3 is 3.00 bits per heavy atom. The molecule has 0 saturated heterocycles. The lowest BCUT2D eigenvalue weighted by Crippen LogP contribution is -2.05. The molecule has 0 fully saturated rings. The van der Waals surface area contributed by atoms with Crippen molar-refractivity contribution < 1.29 is 4.42 Å². The molecule has 2 N–H and O–H groups in total. The van der Waals surface area contributed by atoms with Crippen LogP contribution in [0.2, 0.25) is 0 Å². The highest BCUT2D eigenvalue weighted by Gasteiger charge is 2.03. The fourth-order valence-electron chi connectivity index (χ4n) is 1.22. The number of furan rings is 1. The molecule has 0 radical (unpaired) electrons. The van der Waals surface area contributed by atoms with Gasteiger partial charge >= 0.3 is 0 Å². The molecule has 0 bridgehead atoms. The van der Waals surface area contributed by atoms with Crippen molar-refractivity contribution in [3.05, 3.63) is 36.5 Å². The molecule has 14 heavy (non-hydrogen) atoms. The monoisotopic (exact) mass is 189 g/mol. The van der Waals surface area contributed by atoms with Crippen LogP contribution in [0.15, 0.2) is 35.2 Å². The summed E-state index contributed by atoms with van der Waals surface area (Å²) in [6, 6.07) is 3.68. The van der Waals surface area contributed by atoms with Crippen LogP contribution in [0.25, 0.3) is 11.5 Å². The van der Waals surface area contributed by atoms with Gasteiger partial charge in [0.05, 0.1) is 18.2 Å². The Bertz CT molecular complexity index is 398. The standard InChI is InChI=1S/C10H11N3O/c11-4-3-8-6-12-7-9(13-8)10-2-1-5-14-10/h1-2,5-7H,3-4,11H2. The van der Waals surface area contributed by atoms with Crippen molar-refractivity contribution in [3.8, 4) is 11.5 Å². The minimum Gasteiger partial charge on any atom is -0.463 e. The summed E-state index contributed by atoms with van der Waals surface area (Å²) < 4.78 is 5.22. The molecule has 0 saturated carbocycles. The first-order valence-corrected chi connectivity index (χ1v) is 4.45. The highest BCUT2D eigenvalue weighted by molar-refractivity contribution is 5.49. The second kappa shape index (κ2) is 4.02. The van der Waals surface area contributed by atoms with E-state index in [2.05, 4.69) is 9.97 Å². The van der Waals surface area contributed by atoms with Crippen LogP contribution in [0.4, 0.5) is 0 Å². The molecule has 2 aromatic rings. The lowest BCUT2D eigenvalue weighted by molar-refractivity contribution is 0.579. The van der Waals surface area contributed by atoms with E-state index >= 15 is 0 Å². The molecule has 4 heteroatoms. The maximum Gasteiger partial charge on any atom is 0.153 e. The minimum absolute atomic E-state index is 0.580. The predicted octanol–water partition coefficient (Wildman–Crippen LogP) is 1.24. The summed E-state index contributed by atoms with van der Waals surface area (Å²) in [5.41, 5.74) is 7.08. The Hall–Kier alpha value is -1.68. The van der Waals surface area contributed by atoms with Gasteiger partial charge in [-0.25, -0.2) is 4.98 Å². The number of nitrogens with zero attached hydrogens (tertiary/aromatic N) is 2. The largest absolute Gasteiger partial charge is 0.463 e. The minimum atomic E-state index is 0.580. The first kappa shape index (κ1) is 8.90. The van der Waals surface area contributed by atoms with Gasteiger partial charge in [-0.2, -0.15) is 0 Å². The molecule has 0 aliphatic carbocycles. The first-order chi connectivity index (χ1) is 6.90. The predicted molar refractivity (Wildman–Crippen MR) is 52.5 cm³/mol. The summed E-state index contributed by atoms with van der Waals surface area (Å²) in [4.78, 5) is 8.45. The summed E-state index contributed by atoms with van der Waals surface area (Å²) >= 11 is 0. The molecule has 0 unspecified atom stereocenters. The van der Waals surface area contributed by atoms with Crippen LogP contribution < -0.4 is 5.73 Å². The van der Waals surface area contributed by atoms with Gasteiger partial charge in [0.2, 0.25) is 0 Å². The third-order valence-corrected chi connectivity index (χ3v) is 1.86. The quantitative estimate of drug-likeness (QED) is 0.788. The Morgan fingerprint density at radius 2 is 2.29 bits per heavy atom. The average Bonchev–Trinajstić information content (AvgIpc) is 2.71. The van der Waals surface area contributed by atoms with E-state index in [-0.39, 0.29) is 0 Å². The second-order valence-corrected chi connectivity index (χ2v) is 2.91. The molecular weight excluding hydrogens is 178 g/mol. The normalized spacial score (nSPS) is 10.4. The van der Waals surface area contributed by atoms with Crippen molar-refractivity contribution >= 4 is 0 Å². The van der Waals surface area contributed by atoms with E-state index in [4.69, 9.17) is 10.2 Å². The molecule has 0 aliphatic rings.